The number of ether oxygens (including phenoxy) is 1. The van der Waals surface area contributed by atoms with E-state index in [4.69, 9.17) is 9.15 Å². The van der Waals surface area contributed by atoms with Crippen molar-refractivity contribution in [1.29, 1.82) is 0 Å². The number of para-hydroxylation sites is 1. The second-order valence-electron chi connectivity index (χ2n) is 7.55. The van der Waals surface area contributed by atoms with Crippen LogP contribution in [-0.4, -0.2) is 31.1 Å². The quantitative estimate of drug-likeness (QED) is 0.472. The first-order valence-corrected chi connectivity index (χ1v) is 11.0. The standard InChI is InChI=1S/C23H29NO2S/c1-3-17(2)23-20(19-8-4-5-9-21(19)26-23)16-18-10-11-22(27-18)25-15-14-24-12-6-7-13-24/h4-5,8-11,17H,3,6-7,12-16H2,1-2H3. The van der Waals surface area contributed by atoms with Crippen molar-refractivity contribution < 1.29 is 9.15 Å². The van der Waals surface area contributed by atoms with Gasteiger partial charge in [-0.05, 0) is 50.6 Å². The van der Waals surface area contributed by atoms with Gasteiger partial charge in [0.1, 0.15) is 18.0 Å². The van der Waals surface area contributed by atoms with E-state index in [9.17, 15) is 0 Å². The molecule has 4 heteroatoms. The van der Waals surface area contributed by atoms with Crippen molar-refractivity contribution in [3.8, 4) is 5.06 Å². The van der Waals surface area contributed by atoms with Gasteiger partial charge >= 0.3 is 0 Å². The molecule has 1 aliphatic heterocycles. The number of fused-ring (bicyclic) bond motifs is 1. The summed E-state index contributed by atoms with van der Waals surface area (Å²) in [5, 5.41) is 2.28. The number of thiophene rings is 1. The lowest BCUT2D eigenvalue weighted by Gasteiger charge is -2.13. The van der Waals surface area contributed by atoms with Gasteiger partial charge in [-0.25, -0.2) is 0 Å². The third-order valence-corrected chi connectivity index (χ3v) is 6.63. The van der Waals surface area contributed by atoms with Crippen LogP contribution in [0.15, 0.2) is 40.8 Å². The van der Waals surface area contributed by atoms with Gasteiger partial charge in [-0.2, -0.15) is 0 Å². The van der Waals surface area contributed by atoms with Crippen molar-refractivity contribution in [2.45, 2.75) is 45.4 Å². The minimum Gasteiger partial charge on any atom is -0.483 e. The van der Waals surface area contributed by atoms with Crippen molar-refractivity contribution in [3.63, 3.8) is 0 Å². The molecule has 3 aromatic rings. The van der Waals surface area contributed by atoms with Gasteiger partial charge < -0.3 is 9.15 Å². The number of likely N-dealkylation sites (tertiary alicyclic amines) is 1. The van der Waals surface area contributed by atoms with E-state index >= 15 is 0 Å². The van der Waals surface area contributed by atoms with E-state index in [1.807, 2.05) is 6.07 Å². The number of hydrogen-bond acceptors (Lipinski definition) is 4. The SMILES string of the molecule is CCC(C)c1oc2ccccc2c1Cc1ccc(OCCN2CCCC2)s1. The van der Waals surface area contributed by atoms with Gasteiger partial charge in [-0.1, -0.05) is 32.0 Å². The van der Waals surface area contributed by atoms with Gasteiger partial charge in [0.25, 0.3) is 0 Å². The topological polar surface area (TPSA) is 25.6 Å². The number of furan rings is 1. The molecule has 1 aliphatic rings. The van der Waals surface area contributed by atoms with Crippen molar-refractivity contribution in [2.24, 2.45) is 0 Å². The fraction of sp³-hybridized carbons (Fsp3) is 0.478. The summed E-state index contributed by atoms with van der Waals surface area (Å²) in [6.07, 6.45) is 4.67. The summed E-state index contributed by atoms with van der Waals surface area (Å²) >= 11 is 1.77. The van der Waals surface area contributed by atoms with Gasteiger partial charge in [-0.3, -0.25) is 4.90 Å². The first-order chi connectivity index (χ1) is 13.2. The van der Waals surface area contributed by atoms with Gasteiger partial charge in [-0.15, -0.1) is 11.3 Å². The monoisotopic (exact) mass is 383 g/mol. The summed E-state index contributed by atoms with van der Waals surface area (Å²) in [7, 11) is 0. The van der Waals surface area contributed by atoms with Crippen LogP contribution in [0.4, 0.5) is 0 Å². The van der Waals surface area contributed by atoms with Gasteiger partial charge in [0.05, 0.1) is 0 Å². The molecule has 0 radical (unpaired) electrons. The van der Waals surface area contributed by atoms with Crippen LogP contribution in [-0.2, 0) is 6.42 Å². The maximum atomic E-state index is 6.22. The minimum atomic E-state index is 0.434. The zero-order valence-electron chi connectivity index (χ0n) is 16.4. The molecule has 1 atom stereocenters. The van der Waals surface area contributed by atoms with Crippen molar-refractivity contribution in [2.75, 3.05) is 26.2 Å². The average Bonchev–Trinajstić information content (AvgIpc) is 3.43. The van der Waals surface area contributed by atoms with Crippen molar-refractivity contribution in [3.05, 3.63) is 52.6 Å². The molecule has 0 amide bonds. The highest BCUT2D eigenvalue weighted by atomic mass is 32.1. The molecule has 1 fully saturated rings. The molecule has 3 nitrogen and oxygen atoms in total. The lowest BCUT2D eigenvalue weighted by molar-refractivity contribution is 0.242. The third kappa shape index (κ3) is 4.22. The number of hydrogen-bond donors (Lipinski definition) is 0. The van der Waals surface area contributed by atoms with E-state index < -0.39 is 0 Å². The third-order valence-electron chi connectivity index (χ3n) is 5.63. The van der Waals surface area contributed by atoms with Crippen LogP contribution >= 0.6 is 11.3 Å². The van der Waals surface area contributed by atoms with E-state index in [0.717, 1.165) is 42.4 Å². The first kappa shape index (κ1) is 18.6. The summed E-state index contributed by atoms with van der Waals surface area (Å²) in [5.74, 6) is 1.58. The lowest BCUT2D eigenvalue weighted by atomic mass is 9.98. The Balaban J connectivity index is 1.46. The minimum absolute atomic E-state index is 0.434. The first-order valence-electron chi connectivity index (χ1n) is 10.2. The highest BCUT2D eigenvalue weighted by Gasteiger charge is 2.19. The predicted molar refractivity (Wildman–Crippen MR) is 113 cm³/mol. The Bertz CT molecular complexity index is 876. The molecule has 1 saturated heterocycles. The molecule has 0 spiro atoms. The Hall–Kier alpha value is -1.78. The summed E-state index contributed by atoms with van der Waals surface area (Å²) in [6, 6.07) is 12.7. The summed E-state index contributed by atoms with van der Waals surface area (Å²) < 4.78 is 12.2. The van der Waals surface area contributed by atoms with Crippen LogP contribution in [0.2, 0.25) is 0 Å². The summed E-state index contributed by atoms with van der Waals surface area (Å²) in [4.78, 5) is 3.83. The van der Waals surface area contributed by atoms with Crippen LogP contribution in [0.5, 0.6) is 5.06 Å². The predicted octanol–water partition coefficient (Wildman–Crippen LogP) is 6.07. The molecule has 4 rings (SSSR count). The van der Waals surface area contributed by atoms with Crippen LogP contribution in [0.1, 0.15) is 55.2 Å². The zero-order chi connectivity index (χ0) is 18.6. The molecule has 3 heterocycles. The fourth-order valence-electron chi connectivity index (χ4n) is 3.87. The van der Waals surface area contributed by atoms with E-state index in [1.165, 1.54) is 41.8 Å². The normalized spacial score (nSPS) is 16.2. The Morgan fingerprint density at radius 1 is 1.15 bits per heavy atom. The molecule has 0 aliphatic carbocycles. The van der Waals surface area contributed by atoms with Crippen LogP contribution in [0.25, 0.3) is 11.0 Å². The molecule has 0 bridgehead atoms. The van der Waals surface area contributed by atoms with Gasteiger partial charge in [0.15, 0.2) is 5.06 Å². The van der Waals surface area contributed by atoms with Crippen LogP contribution < -0.4 is 4.74 Å². The van der Waals surface area contributed by atoms with Crippen LogP contribution in [0.3, 0.4) is 0 Å². The van der Waals surface area contributed by atoms with E-state index in [-0.39, 0.29) is 0 Å². The highest BCUT2D eigenvalue weighted by Crippen LogP contribution is 2.36. The Morgan fingerprint density at radius 2 is 1.96 bits per heavy atom. The highest BCUT2D eigenvalue weighted by molar-refractivity contribution is 7.13. The number of rotatable bonds is 8. The maximum Gasteiger partial charge on any atom is 0.174 e. The maximum absolute atomic E-state index is 6.22. The summed E-state index contributed by atoms with van der Waals surface area (Å²) in [5.41, 5.74) is 2.34. The largest absolute Gasteiger partial charge is 0.483 e. The lowest BCUT2D eigenvalue weighted by Crippen LogP contribution is -2.24. The van der Waals surface area contributed by atoms with E-state index in [2.05, 4.69) is 49.1 Å². The molecule has 1 unspecified atom stereocenters. The van der Waals surface area contributed by atoms with E-state index in [0.29, 0.717) is 5.92 Å². The molecule has 27 heavy (non-hydrogen) atoms. The fourth-order valence-corrected chi connectivity index (χ4v) is 4.76. The van der Waals surface area contributed by atoms with E-state index in [1.54, 1.807) is 11.3 Å². The Labute approximate surface area is 165 Å². The molecule has 0 saturated carbocycles. The number of benzene rings is 1. The number of nitrogens with zero attached hydrogens (tertiary/aromatic N) is 1. The van der Waals surface area contributed by atoms with Crippen LogP contribution in [0, 0.1) is 0 Å². The second kappa shape index (κ2) is 8.49. The molecule has 0 N–H and O–H groups in total. The molecule has 2 aromatic heterocycles. The molecule has 1 aromatic carbocycles. The van der Waals surface area contributed by atoms with Gasteiger partial charge in [0, 0.05) is 34.7 Å². The van der Waals surface area contributed by atoms with Gasteiger partial charge in [0.2, 0.25) is 0 Å². The van der Waals surface area contributed by atoms with Crippen molar-refractivity contribution in [1.82, 2.24) is 4.90 Å². The second-order valence-corrected chi connectivity index (χ2v) is 8.68. The zero-order valence-corrected chi connectivity index (χ0v) is 17.2. The average molecular weight is 384 g/mol. The smallest absolute Gasteiger partial charge is 0.174 e. The molecular formula is C23H29NO2S. The summed E-state index contributed by atoms with van der Waals surface area (Å²) in [6.45, 7) is 8.75. The Kier molecular flexibility index (Phi) is 5.84. The Morgan fingerprint density at radius 3 is 2.78 bits per heavy atom. The van der Waals surface area contributed by atoms with Crippen molar-refractivity contribution >= 4 is 22.3 Å². The molecular weight excluding hydrogens is 354 g/mol. The molecule has 144 valence electrons.